The lowest BCUT2D eigenvalue weighted by atomic mass is 9.80. The molecule has 1 aromatic carbocycles. The van der Waals surface area contributed by atoms with Crippen LogP contribution in [0, 0.1) is 5.92 Å². The molecule has 33 heavy (non-hydrogen) atoms. The van der Waals surface area contributed by atoms with E-state index in [1.807, 2.05) is 23.0 Å². The SMILES string of the molecule is O=S(=O)(NCCC1CC(O)C1)c1ccc2nc(NCc3cn(C4CCOC4)nn3)ccc2c1. The number of pyridine rings is 1. The van der Waals surface area contributed by atoms with Crippen molar-refractivity contribution in [3.8, 4) is 0 Å². The maximum absolute atomic E-state index is 12.6. The molecule has 1 aliphatic heterocycles. The Bertz CT molecular complexity index is 1220. The number of aliphatic hydroxyl groups is 1. The quantitative estimate of drug-likeness (QED) is 0.430. The van der Waals surface area contributed by atoms with Gasteiger partial charge in [-0.3, -0.25) is 0 Å². The normalized spacial score (nSPS) is 23.0. The number of fused-ring (bicyclic) bond motifs is 1. The molecular weight excluding hydrogens is 444 g/mol. The number of hydrogen-bond acceptors (Lipinski definition) is 8. The molecule has 2 aromatic heterocycles. The van der Waals surface area contributed by atoms with Crippen LogP contribution < -0.4 is 10.0 Å². The zero-order valence-electron chi connectivity index (χ0n) is 18.2. The van der Waals surface area contributed by atoms with Gasteiger partial charge in [-0.2, -0.15) is 0 Å². The first-order valence-corrected chi connectivity index (χ1v) is 12.8. The molecule has 0 spiro atoms. The predicted octanol–water partition coefficient (Wildman–Crippen LogP) is 1.84. The number of nitrogens with zero attached hydrogens (tertiary/aromatic N) is 4. The molecule has 2 aliphatic rings. The van der Waals surface area contributed by atoms with E-state index in [1.165, 1.54) is 0 Å². The summed E-state index contributed by atoms with van der Waals surface area (Å²) in [6, 6.07) is 8.85. The Hall–Kier alpha value is -2.60. The van der Waals surface area contributed by atoms with Crippen molar-refractivity contribution < 1.29 is 18.3 Å². The van der Waals surface area contributed by atoms with Gasteiger partial charge in [0.25, 0.3) is 0 Å². The number of hydrogen-bond donors (Lipinski definition) is 3. The summed E-state index contributed by atoms with van der Waals surface area (Å²) in [6.45, 7) is 2.28. The van der Waals surface area contributed by atoms with E-state index in [4.69, 9.17) is 4.74 Å². The van der Waals surface area contributed by atoms with E-state index in [9.17, 15) is 13.5 Å². The van der Waals surface area contributed by atoms with E-state index >= 15 is 0 Å². The second kappa shape index (κ2) is 9.34. The zero-order chi connectivity index (χ0) is 22.8. The van der Waals surface area contributed by atoms with Crippen LogP contribution in [0.1, 0.15) is 37.4 Å². The highest BCUT2D eigenvalue weighted by molar-refractivity contribution is 7.89. The number of aromatic nitrogens is 4. The standard InChI is InChI=1S/C22H28N6O4S/c29-19-9-15(10-19)5-7-24-33(30,31)20-2-3-21-16(11-20)1-4-22(25-21)23-12-17-13-28(27-26-17)18-6-8-32-14-18/h1-4,11,13,15,18-19,24,29H,5-10,12,14H2,(H,23,25). The van der Waals surface area contributed by atoms with Gasteiger partial charge in [0.2, 0.25) is 10.0 Å². The fraction of sp³-hybridized carbons (Fsp3) is 0.500. The van der Waals surface area contributed by atoms with Gasteiger partial charge in [0, 0.05) is 18.5 Å². The fourth-order valence-corrected chi connectivity index (χ4v) is 5.35. The van der Waals surface area contributed by atoms with Crippen LogP contribution in [0.5, 0.6) is 0 Å². The summed E-state index contributed by atoms with van der Waals surface area (Å²) in [5.74, 6) is 1.08. The Morgan fingerprint density at radius 1 is 1.21 bits per heavy atom. The number of rotatable bonds is 9. The van der Waals surface area contributed by atoms with E-state index in [1.54, 1.807) is 18.2 Å². The van der Waals surface area contributed by atoms with Gasteiger partial charge in [0.15, 0.2) is 0 Å². The molecular formula is C22H28N6O4S. The minimum atomic E-state index is -3.59. The number of benzene rings is 1. The molecule has 1 unspecified atom stereocenters. The van der Waals surface area contributed by atoms with Crippen LogP contribution >= 0.6 is 0 Å². The maximum atomic E-state index is 12.6. The van der Waals surface area contributed by atoms with Gasteiger partial charge in [-0.15, -0.1) is 5.10 Å². The molecule has 5 rings (SSSR count). The van der Waals surface area contributed by atoms with Crippen molar-refractivity contribution >= 4 is 26.7 Å². The van der Waals surface area contributed by atoms with Crippen molar-refractivity contribution in [3.63, 3.8) is 0 Å². The summed E-state index contributed by atoms with van der Waals surface area (Å²) in [4.78, 5) is 4.80. The molecule has 2 fully saturated rings. The van der Waals surface area contributed by atoms with Crippen molar-refractivity contribution in [2.45, 2.75) is 49.3 Å². The number of anilines is 1. The maximum Gasteiger partial charge on any atom is 0.240 e. The molecule has 3 N–H and O–H groups in total. The summed E-state index contributed by atoms with van der Waals surface area (Å²) in [5.41, 5.74) is 1.52. The first-order valence-electron chi connectivity index (χ1n) is 11.3. The largest absolute Gasteiger partial charge is 0.393 e. The van der Waals surface area contributed by atoms with Crippen LogP contribution in [-0.4, -0.2) is 59.4 Å². The summed E-state index contributed by atoms with van der Waals surface area (Å²) in [5, 5.41) is 21.7. The Morgan fingerprint density at radius 3 is 2.88 bits per heavy atom. The van der Waals surface area contributed by atoms with E-state index in [0.717, 1.165) is 43.4 Å². The number of sulfonamides is 1. The summed E-state index contributed by atoms with van der Waals surface area (Å²) in [7, 11) is -3.59. The first-order chi connectivity index (χ1) is 16.0. The monoisotopic (exact) mass is 472 g/mol. The van der Waals surface area contributed by atoms with Gasteiger partial charge in [-0.05, 0) is 61.9 Å². The highest BCUT2D eigenvalue weighted by Crippen LogP contribution is 2.29. The van der Waals surface area contributed by atoms with E-state index in [-0.39, 0.29) is 17.0 Å². The fourth-order valence-electron chi connectivity index (χ4n) is 4.27. The van der Waals surface area contributed by atoms with E-state index < -0.39 is 10.0 Å². The Labute approximate surface area is 192 Å². The van der Waals surface area contributed by atoms with E-state index in [2.05, 4.69) is 25.3 Å². The van der Waals surface area contributed by atoms with Gasteiger partial charge in [-0.1, -0.05) is 5.21 Å². The van der Waals surface area contributed by atoms with Crippen LogP contribution in [0.25, 0.3) is 10.9 Å². The topological polar surface area (TPSA) is 131 Å². The highest BCUT2D eigenvalue weighted by Gasteiger charge is 2.27. The Kier molecular flexibility index (Phi) is 6.28. The Balaban J connectivity index is 1.19. The smallest absolute Gasteiger partial charge is 0.240 e. The molecule has 11 heteroatoms. The van der Waals surface area contributed by atoms with Gasteiger partial charge >= 0.3 is 0 Å². The van der Waals surface area contributed by atoms with Crippen LogP contribution in [0.2, 0.25) is 0 Å². The van der Waals surface area contributed by atoms with Crippen LogP contribution in [-0.2, 0) is 21.3 Å². The number of ether oxygens (including phenoxy) is 1. The molecule has 0 amide bonds. The lowest BCUT2D eigenvalue weighted by molar-refractivity contribution is 0.0400. The average molecular weight is 473 g/mol. The van der Waals surface area contributed by atoms with Crippen LogP contribution in [0.15, 0.2) is 41.4 Å². The molecule has 1 saturated carbocycles. The van der Waals surface area contributed by atoms with Gasteiger partial charge in [-0.25, -0.2) is 22.8 Å². The number of nitrogens with one attached hydrogen (secondary N) is 2. The molecule has 3 heterocycles. The molecule has 1 saturated heterocycles. The minimum absolute atomic E-state index is 0.221. The van der Waals surface area contributed by atoms with Crippen molar-refractivity contribution in [1.29, 1.82) is 0 Å². The molecule has 0 bridgehead atoms. The second-order valence-electron chi connectivity index (χ2n) is 8.79. The first kappa shape index (κ1) is 22.2. The number of aliphatic hydroxyl groups excluding tert-OH is 1. The average Bonchev–Trinajstić information content (AvgIpc) is 3.48. The van der Waals surface area contributed by atoms with Crippen LogP contribution in [0.4, 0.5) is 5.82 Å². The predicted molar refractivity (Wildman–Crippen MR) is 122 cm³/mol. The van der Waals surface area contributed by atoms with Gasteiger partial charge in [0.1, 0.15) is 11.5 Å². The van der Waals surface area contributed by atoms with Crippen LogP contribution in [0.3, 0.4) is 0 Å². The Morgan fingerprint density at radius 2 is 2.09 bits per heavy atom. The molecule has 10 nitrogen and oxygen atoms in total. The summed E-state index contributed by atoms with van der Waals surface area (Å²) < 4.78 is 35.2. The zero-order valence-corrected chi connectivity index (χ0v) is 19.0. The molecule has 0 radical (unpaired) electrons. The van der Waals surface area contributed by atoms with Gasteiger partial charge in [0.05, 0.1) is 41.9 Å². The van der Waals surface area contributed by atoms with Gasteiger partial charge < -0.3 is 15.2 Å². The second-order valence-corrected chi connectivity index (χ2v) is 10.6. The van der Waals surface area contributed by atoms with Crippen molar-refractivity contribution in [2.24, 2.45) is 5.92 Å². The third-order valence-corrected chi connectivity index (χ3v) is 7.77. The van der Waals surface area contributed by atoms with E-state index in [0.29, 0.717) is 36.9 Å². The van der Waals surface area contributed by atoms with Crippen molar-refractivity contribution in [1.82, 2.24) is 24.7 Å². The highest BCUT2D eigenvalue weighted by atomic mass is 32.2. The summed E-state index contributed by atoms with van der Waals surface area (Å²) in [6.07, 6.45) is 4.90. The lowest BCUT2D eigenvalue weighted by Crippen LogP contribution is -2.32. The third kappa shape index (κ3) is 5.16. The molecule has 1 aliphatic carbocycles. The van der Waals surface area contributed by atoms with Crippen molar-refractivity contribution in [2.75, 3.05) is 25.1 Å². The molecule has 176 valence electrons. The minimum Gasteiger partial charge on any atom is -0.393 e. The summed E-state index contributed by atoms with van der Waals surface area (Å²) >= 11 is 0. The molecule has 1 atom stereocenters. The lowest BCUT2D eigenvalue weighted by Gasteiger charge is -2.31. The third-order valence-electron chi connectivity index (χ3n) is 6.31. The molecule has 3 aromatic rings. The van der Waals surface area contributed by atoms with Crippen molar-refractivity contribution in [3.05, 3.63) is 42.2 Å².